The van der Waals surface area contributed by atoms with Gasteiger partial charge in [-0.05, 0) is 20.8 Å². The molecule has 0 aliphatic carbocycles. The molecule has 0 bridgehead atoms. The Kier molecular flexibility index (Phi) is 3.66. The molecule has 1 atom stereocenters. The summed E-state index contributed by atoms with van der Waals surface area (Å²) in [6, 6.07) is 0. The minimum absolute atomic E-state index is 0.342. The molecule has 2 rings (SSSR count). The number of amides is 1. The van der Waals surface area contributed by atoms with E-state index < -0.39 is 11.7 Å². The van der Waals surface area contributed by atoms with Crippen LogP contribution in [-0.4, -0.2) is 41.4 Å². The van der Waals surface area contributed by atoms with Crippen LogP contribution in [0.15, 0.2) is 10.7 Å². The van der Waals surface area contributed by atoms with Crippen LogP contribution in [0.2, 0.25) is 0 Å². The quantitative estimate of drug-likeness (QED) is 0.832. The predicted molar refractivity (Wildman–Crippen MR) is 67.4 cm³/mol. The van der Waals surface area contributed by atoms with Crippen LogP contribution in [0, 0.1) is 0 Å². The Hall–Kier alpha value is -1.76. The second-order valence-corrected chi connectivity index (χ2v) is 5.43. The van der Waals surface area contributed by atoms with Gasteiger partial charge in [-0.3, -0.25) is 0 Å². The highest BCUT2D eigenvalue weighted by atomic mass is 16.6. The van der Waals surface area contributed by atoms with Gasteiger partial charge in [-0.2, -0.15) is 0 Å². The van der Waals surface area contributed by atoms with Crippen molar-refractivity contribution in [1.29, 1.82) is 0 Å². The maximum Gasteiger partial charge on any atom is 0.410 e. The zero-order chi connectivity index (χ0) is 14.0. The van der Waals surface area contributed by atoms with E-state index in [1.807, 2.05) is 20.8 Å². The van der Waals surface area contributed by atoms with Crippen LogP contribution in [-0.2, 0) is 9.47 Å². The lowest BCUT2D eigenvalue weighted by molar-refractivity contribution is -0.0514. The van der Waals surface area contributed by atoms with Crippen molar-refractivity contribution in [1.82, 2.24) is 10.1 Å². The average molecular weight is 269 g/mol. The van der Waals surface area contributed by atoms with Gasteiger partial charge in [-0.1, -0.05) is 5.16 Å². The van der Waals surface area contributed by atoms with Crippen molar-refractivity contribution < 1.29 is 18.8 Å². The van der Waals surface area contributed by atoms with Gasteiger partial charge >= 0.3 is 6.09 Å². The van der Waals surface area contributed by atoms with Crippen molar-refractivity contribution >= 4 is 11.8 Å². The Bertz CT molecular complexity index is 452. The molecule has 0 radical (unpaired) electrons. The second kappa shape index (κ2) is 5.08. The van der Waals surface area contributed by atoms with Crippen LogP contribution >= 0.6 is 0 Å². The number of nitrogens with zero attached hydrogens (tertiary/aromatic N) is 2. The van der Waals surface area contributed by atoms with E-state index >= 15 is 0 Å². The first-order valence-corrected chi connectivity index (χ1v) is 6.16. The minimum atomic E-state index is -0.518. The summed E-state index contributed by atoms with van der Waals surface area (Å²) in [6.45, 7) is 6.73. The van der Waals surface area contributed by atoms with Gasteiger partial charge in [0.05, 0.1) is 25.0 Å². The standard InChI is InChI=1S/C12H19N3O4/c1-12(2,3)18-11(16)15-4-5-17-9(7-15)10-8(13)6-14-19-10/h6,9H,4-5,7,13H2,1-3H3. The molecule has 1 aromatic heterocycles. The molecule has 1 aliphatic heterocycles. The van der Waals surface area contributed by atoms with E-state index in [0.717, 1.165) is 0 Å². The lowest BCUT2D eigenvalue weighted by atomic mass is 10.2. The number of hydrogen-bond donors (Lipinski definition) is 1. The van der Waals surface area contributed by atoms with Crippen molar-refractivity contribution in [2.45, 2.75) is 32.5 Å². The summed E-state index contributed by atoms with van der Waals surface area (Å²) in [5.74, 6) is 0.452. The minimum Gasteiger partial charge on any atom is -0.444 e. The van der Waals surface area contributed by atoms with Gasteiger partial charge in [0.15, 0.2) is 5.76 Å². The molecule has 0 spiro atoms. The zero-order valence-corrected chi connectivity index (χ0v) is 11.4. The van der Waals surface area contributed by atoms with Crippen molar-refractivity contribution in [2.75, 3.05) is 25.4 Å². The molecule has 106 valence electrons. The fraction of sp³-hybridized carbons (Fsp3) is 0.667. The van der Waals surface area contributed by atoms with E-state index in [0.29, 0.717) is 31.1 Å². The van der Waals surface area contributed by atoms with Crippen LogP contribution in [0.3, 0.4) is 0 Å². The van der Waals surface area contributed by atoms with Crippen LogP contribution in [0.5, 0.6) is 0 Å². The van der Waals surface area contributed by atoms with E-state index in [2.05, 4.69) is 5.16 Å². The Morgan fingerprint density at radius 2 is 2.32 bits per heavy atom. The van der Waals surface area contributed by atoms with Crippen molar-refractivity contribution in [3.05, 3.63) is 12.0 Å². The normalized spacial score (nSPS) is 20.4. The summed E-state index contributed by atoms with van der Waals surface area (Å²) in [7, 11) is 0. The Morgan fingerprint density at radius 3 is 2.89 bits per heavy atom. The smallest absolute Gasteiger partial charge is 0.410 e. The molecule has 1 aromatic rings. The van der Waals surface area contributed by atoms with Crippen molar-refractivity contribution in [3.8, 4) is 0 Å². The van der Waals surface area contributed by atoms with E-state index in [4.69, 9.17) is 19.7 Å². The number of carbonyl (C=O) groups is 1. The van der Waals surface area contributed by atoms with Gasteiger partial charge < -0.3 is 24.6 Å². The number of hydrogen-bond acceptors (Lipinski definition) is 6. The number of carbonyl (C=O) groups excluding carboxylic acids is 1. The molecule has 7 heteroatoms. The van der Waals surface area contributed by atoms with Gasteiger partial charge in [0, 0.05) is 6.54 Å². The number of anilines is 1. The van der Waals surface area contributed by atoms with Crippen molar-refractivity contribution in [2.24, 2.45) is 0 Å². The summed E-state index contributed by atoms with van der Waals surface area (Å²) in [5, 5.41) is 3.61. The number of nitrogen functional groups attached to an aromatic ring is 1. The largest absolute Gasteiger partial charge is 0.444 e. The van der Waals surface area contributed by atoms with Gasteiger partial charge in [-0.25, -0.2) is 4.79 Å². The van der Waals surface area contributed by atoms with Gasteiger partial charge in [0.25, 0.3) is 0 Å². The molecule has 1 unspecified atom stereocenters. The molecule has 1 fully saturated rings. The van der Waals surface area contributed by atoms with Crippen LogP contribution in [0.25, 0.3) is 0 Å². The summed E-state index contributed by atoms with van der Waals surface area (Å²) in [4.78, 5) is 13.6. The summed E-state index contributed by atoms with van der Waals surface area (Å²) in [6.07, 6.45) is 0.660. The average Bonchev–Trinajstić information content (AvgIpc) is 2.73. The molecule has 7 nitrogen and oxygen atoms in total. The summed E-state index contributed by atoms with van der Waals surface area (Å²) < 4.78 is 15.9. The molecule has 2 N–H and O–H groups in total. The van der Waals surface area contributed by atoms with Gasteiger partial charge in [0.1, 0.15) is 11.7 Å². The summed E-state index contributed by atoms with van der Waals surface area (Å²) >= 11 is 0. The summed E-state index contributed by atoms with van der Waals surface area (Å²) in [5.41, 5.74) is 5.63. The first-order chi connectivity index (χ1) is 8.87. The molecular weight excluding hydrogens is 250 g/mol. The van der Waals surface area contributed by atoms with Crippen molar-refractivity contribution in [3.63, 3.8) is 0 Å². The molecular formula is C12H19N3O4. The highest BCUT2D eigenvalue weighted by molar-refractivity contribution is 5.68. The maximum atomic E-state index is 12.0. The molecule has 1 aliphatic rings. The number of nitrogens with two attached hydrogens (primary N) is 1. The SMILES string of the molecule is CC(C)(C)OC(=O)N1CCOC(c2oncc2N)C1. The molecule has 1 amide bonds. The fourth-order valence-electron chi connectivity index (χ4n) is 1.80. The first-order valence-electron chi connectivity index (χ1n) is 6.16. The number of morpholine rings is 1. The molecule has 0 aromatic carbocycles. The molecule has 1 saturated heterocycles. The van der Waals surface area contributed by atoms with E-state index in [1.54, 1.807) is 4.90 Å². The molecule has 0 saturated carbocycles. The molecule has 19 heavy (non-hydrogen) atoms. The zero-order valence-electron chi connectivity index (χ0n) is 11.4. The van der Waals surface area contributed by atoms with E-state index in [9.17, 15) is 4.79 Å². The fourth-order valence-corrected chi connectivity index (χ4v) is 1.80. The Balaban J connectivity index is 2.01. The highest BCUT2D eigenvalue weighted by Crippen LogP contribution is 2.27. The Labute approximate surface area is 111 Å². The lowest BCUT2D eigenvalue weighted by Gasteiger charge is -2.33. The topological polar surface area (TPSA) is 90.8 Å². The van der Waals surface area contributed by atoms with Gasteiger partial charge in [0.2, 0.25) is 0 Å². The van der Waals surface area contributed by atoms with Crippen LogP contribution < -0.4 is 5.73 Å². The monoisotopic (exact) mass is 269 g/mol. The van der Waals surface area contributed by atoms with E-state index in [1.165, 1.54) is 6.20 Å². The van der Waals surface area contributed by atoms with Crippen LogP contribution in [0.1, 0.15) is 32.6 Å². The highest BCUT2D eigenvalue weighted by Gasteiger charge is 2.31. The van der Waals surface area contributed by atoms with Gasteiger partial charge in [-0.15, -0.1) is 0 Å². The first kappa shape index (κ1) is 13.7. The lowest BCUT2D eigenvalue weighted by Crippen LogP contribution is -2.44. The number of aromatic nitrogens is 1. The Morgan fingerprint density at radius 1 is 1.58 bits per heavy atom. The number of rotatable bonds is 1. The predicted octanol–water partition coefficient (Wildman–Crippen LogP) is 1.57. The third-order valence-corrected chi connectivity index (χ3v) is 2.64. The third kappa shape index (κ3) is 3.37. The number of ether oxygens (including phenoxy) is 2. The second-order valence-electron chi connectivity index (χ2n) is 5.43. The maximum absolute atomic E-state index is 12.0. The third-order valence-electron chi connectivity index (χ3n) is 2.64. The molecule has 2 heterocycles. The van der Waals surface area contributed by atoms with Crippen LogP contribution in [0.4, 0.5) is 10.5 Å². The van der Waals surface area contributed by atoms with E-state index in [-0.39, 0.29) is 6.09 Å².